The van der Waals surface area contributed by atoms with Crippen LogP contribution in [0.2, 0.25) is 0 Å². The van der Waals surface area contributed by atoms with Gasteiger partial charge in [0.05, 0.1) is 30.0 Å². The lowest BCUT2D eigenvalue weighted by Gasteiger charge is -2.35. The van der Waals surface area contributed by atoms with Crippen LogP contribution in [0.15, 0.2) is 24.3 Å². The quantitative estimate of drug-likeness (QED) is 0.862. The Kier molecular flexibility index (Phi) is 4.95. The zero-order valence-corrected chi connectivity index (χ0v) is 15.7. The summed E-state index contributed by atoms with van der Waals surface area (Å²) in [6, 6.07) is 8.42. The first kappa shape index (κ1) is 17.7. The fraction of sp³-hybridized carbons (Fsp3) is 0.500. The number of hydrogen-bond donors (Lipinski definition) is 0. The third-order valence-electron chi connectivity index (χ3n) is 4.76. The van der Waals surface area contributed by atoms with E-state index in [9.17, 15) is 4.79 Å². The maximum absolute atomic E-state index is 13.1. The number of hydrogen-bond acceptors (Lipinski definition) is 3. The summed E-state index contributed by atoms with van der Waals surface area (Å²) in [7, 11) is 0. The van der Waals surface area contributed by atoms with Crippen LogP contribution in [0.1, 0.15) is 46.7 Å². The first-order chi connectivity index (χ1) is 11.8. The van der Waals surface area contributed by atoms with Crippen LogP contribution >= 0.6 is 0 Å². The average molecular weight is 341 g/mol. The zero-order valence-electron chi connectivity index (χ0n) is 15.7. The van der Waals surface area contributed by atoms with Crippen molar-refractivity contribution in [3.05, 3.63) is 52.3 Å². The third-order valence-corrected chi connectivity index (χ3v) is 4.76. The van der Waals surface area contributed by atoms with Gasteiger partial charge in [-0.05, 0) is 40.2 Å². The molecule has 25 heavy (non-hydrogen) atoms. The molecule has 1 fully saturated rings. The summed E-state index contributed by atoms with van der Waals surface area (Å²) in [6.45, 7) is 11.9. The Morgan fingerprint density at radius 2 is 1.72 bits per heavy atom. The van der Waals surface area contributed by atoms with E-state index in [0.29, 0.717) is 19.6 Å². The van der Waals surface area contributed by atoms with Crippen molar-refractivity contribution >= 4 is 5.91 Å². The van der Waals surface area contributed by atoms with Gasteiger partial charge in [0.1, 0.15) is 0 Å². The molecule has 2 unspecified atom stereocenters. The van der Waals surface area contributed by atoms with Crippen LogP contribution in [0.4, 0.5) is 0 Å². The second kappa shape index (κ2) is 7.00. The molecule has 5 nitrogen and oxygen atoms in total. The van der Waals surface area contributed by atoms with Gasteiger partial charge in [-0.25, -0.2) is 0 Å². The number of nitrogens with zero attached hydrogens (tertiary/aromatic N) is 3. The lowest BCUT2D eigenvalue weighted by Crippen LogP contribution is -2.48. The highest BCUT2D eigenvalue weighted by Gasteiger charge is 2.29. The van der Waals surface area contributed by atoms with Crippen molar-refractivity contribution in [1.82, 2.24) is 14.7 Å². The van der Waals surface area contributed by atoms with Crippen molar-refractivity contribution in [2.24, 2.45) is 0 Å². The van der Waals surface area contributed by atoms with Gasteiger partial charge in [0, 0.05) is 18.8 Å². The standard InChI is InChI=1S/C20H27N3O2/c1-13-6-8-18(9-7-13)12-23-17(5)19(16(4)21-23)20(24)22-10-14(2)25-15(3)11-22/h6-9,14-15H,10-12H2,1-5H3. The summed E-state index contributed by atoms with van der Waals surface area (Å²) in [4.78, 5) is 15.0. The van der Waals surface area contributed by atoms with Gasteiger partial charge in [-0.2, -0.15) is 5.10 Å². The molecule has 1 aliphatic heterocycles. The molecule has 0 saturated carbocycles. The zero-order chi connectivity index (χ0) is 18.1. The molecule has 0 N–H and O–H groups in total. The number of aromatic nitrogens is 2. The monoisotopic (exact) mass is 341 g/mol. The van der Waals surface area contributed by atoms with Crippen LogP contribution in [0.3, 0.4) is 0 Å². The fourth-order valence-corrected chi connectivity index (χ4v) is 3.53. The van der Waals surface area contributed by atoms with E-state index < -0.39 is 0 Å². The summed E-state index contributed by atoms with van der Waals surface area (Å²) in [5.74, 6) is 0.0622. The number of rotatable bonds is 3. The van der Waals surface area contributed by atoms with E-state index in [-0.39, 0.29) is 18.1 Å². The molecule has 2 heterocycles. The molecule has 1 amide bonds. The van der Waals surface area contributed by atoms with Gasteiger partial charge in [0.2, 0.25) is 0 Å². The van der Waals surface area contributed by atoms with Crippen LogP contribution in [-0.2, 0) is 11.3 Å². The molecule has 1 aromatic heterocycles. The Balaban J connectivity index is 1.84. The largest absolute Gasteiger partial charge is 0.372 e. The number of aryl methyl sites for hydroxylation is 2. The summed E-state index contributed by atoms with van der Waals surface area (Å²) in [5, 5.41) is 4.62. The molecule has 3 rings (SSSR count). The molecule has 1 saturated heterocycles. The lowest BCUT2D eigenvalue weighted by atomic mass is 10.1. The second-order valence-electron chi connectivity index (χ2n) is 7.16. The molecule has 134 valence electrons. The summed E-state index contributed by atoms with van der Waals surface area (Å²) >= 11 is 0. The highest BCUT2D eigenvalue weighted by Crippen LogP contribution is 2.20. The van der Waals surface area contributed by atoms with Crippen LogP contribution < -0.4 is 0 Å². The number of carbonyl (C=O) groups excluding carboxylic acids is 1. The first-order valence-electron chi connectivity index (χ1n) is 8.89. The van der Waals surface area contributed by atoms with Crippen molar-refractivity contribution in [3.63, 3.8) is 0 Å². The summed E-state index contributed by atoms with van der Waals surface area (Å²) in [6.07, 6.45) is 0.131. The van der Waals surface area contributed by atoms with Crippen LogP contribution in [0.25, 0.3) is 0 Å². The Bertz CT molecular complexity index is 754. The Labute approximate surface area is 149 Å². The van der Waals surface area contributed by atoms with E-state index in [2.05, 4.69) is 36.3 Å². The second-order valence-corrected chi connectivity index (χ2v) is 7.16. The van der Waals surface area contributed by atoms with E-state index in [1.54, 1.807) is 0 Å². The minimum atomic E-state index is 0.0622. The minimum absolute atomic E-state index is 0.0622. The Morgan fingerprint density at radius 3 is 2.32 bits per heavy atom. The van der Waals surface area contributed by atoms with Crippen molar-refractivity contribution < 1.29 is 9.53 Å². The molecule has 2 aromatic rings. The molecule has 1 aliphatic rings. The van der Waals surface area contributed by atoms with Crippen LogP contribution in [0.5, 0.6) is 0 Å². The van der Waals surface area contributed by atoms with E-state index in [0.717, 1.165) is 17.0 Å². The Hall–Kier alpha value is -2.14. The van der Waals surface area contributed by atoms with Crippen molar-refractivity contribution in [3.8, 4) is 0 Å². The number of morpholine rings is 1. The molecule has 0 radical (unpaired) electrons. The van der Waals surface area contributed by atoms with Gasteiger partial charge < -0.3 is 9.64 Å². The van der Waals surface area contributed by atoms with Gasteiger partial charge in [0.15, 0.2) is 0 Å². The van der Waals surface area contributed by atoms with Gasteiger partial charge in [-0.1, -0.05) is 29.8 Å². The maximum Gasteiger partial charge on any atom is 0.257 e. The summed E-state index contributed by atoms with van der Waals surface area (Å²) < 4.78 is 7.67. The van der Waals surface area contributed by atoms with E-state index in [4.69, 9.17) is 4.74 Å². The topological polar surface area (TPSA) is 47.4 Å². The van der Waals surface area contributed by atoms with Crippen molar-refractivity contribution in [2.45, 2.75) is 53.4 Å². The first-order valence-corrected chi connectivity index (χ1v) is 8.89. The number of benzene rings is 1. The van der Waals surface area contributed by atoms with Gasteiger partial charge in [-0.3, -0.25) is 9.48 Å². The number of ether oxygens (including phenoxy) is 1. The van der Waals surface area contributed by atoms with E-state index in [1.807, 2.05) is 37.3 Å². The average Bonchev–Trinajstić information content (AvgIpc) is 2.82. The molecule has 0 aliphatic carbocycles. The molecule has 2 atom stereocenters. The lowest BCUT2D eigenvalue weighted by molar-refractivity contribution is -0.0586. The molecule has 5 heteroatoms. The smallest absolute Gasteiger partial charge is 0.257 e. The maximum atomic E-state index is 13.1. The molecule has 0 bridgehead atoms. The highest BCUT2D eigenvalue weighted by molar-refractivity contribution is 5.96. The predicted molar refractivity (Wildman–Crippen MR) is 97.9 cm³/mol. The summed E-state index contributed by atoms with van der Waals surface area (Å²) in [5.41, 5.74) is 4.87. The van der Waals surface area contributed by atoms with Gasteiger partial charge >= 0.3 is 0 Å². The normalized spacial score (nSPS) is 20.8. The number of amides is 1. The van der Waals surface area contributed by atoms with E-state index in [1.165, 1.54) is 11.1 Å². The molecule has 0 spiro atoms. The fourth-order valence-electron chi connectivity index (χ4n) is 3.53. The van der Waals surface area contributed by atoms with Crippen molar-refractivity contribution in [1.29, 1.82) is 0 Å². The third kappa shape index (κ3) is 3.76. The van der Waals surface area contributed by atoms with E-state index >= 15 is 0 Å². The predicted octanol–water partition coefficient (Wildman–Crippen LogP) is 3.11. The molecule has 1 aromatic carbocycles. The SMILES string of the molecule is Cc1ccc(Cn2nc(C)c(C(=O)N3CC(C)OC(C)C3)c2C)cc1. The highest BCUT2D eigenvalue weighted by atomic mass is 16.5. The van der Waals surface area contributed by atoms with Gasteiger partial charge in [0.25, 0.3) is 5.91 Å². The Morgan fingerprint density at radius 1 is 1.12 bits per heavy atom. The van der Waals surface area contributed by atoms with Crippen LogP contribution in [-0.4, -0.2) is 45.9 Å². The van der Waals surface area contributed by atoms with Crippen LogP contribution in [0, 0.1) is 20.8 Å². The molecular formula is C20H27N3O2. The van der Waals surface area contributed by atoms with Gasteiger partial charge in [-0.15, -0.1) is 0 Å². The van der Waals surface area contributed by atoms with Crippen molar-refractivity contribution in [2.75, 3.05) is 13.1 Å². The minimum Gasteiger partial charge on any atom is -0.372 e. The molecular weight excluding hydrogens is 314 g/mol. The number of carbonyl (C=O) groups is 1.